The fraction of sp³-hybridized carbons (Fsp3) is 0.265. The van der Waals surface area contributed by atoms with E-state index >= 15 is 0 Å². The molecule has 0 N–H and O–H groups in total. The Morgan fingerprint density at radius 3 is 2.32 bits per heavy atom. The van der Waals surface area contributed by atoms with Gasteiger partial charge in [-0.2, -0.15) is 0 Å². The largest absolute Gasteiger partial charge is 0.490 e. The predicted molar refractivity (Wildman–Crippen MR) is 183 cm³/mol. The zero-order chi connectivity index (χ0) is 33.7. The van der Waals surface area contributed by atoms with Gasteiger partial charge in [0.05, 0.1) is 48.1 Å². The Morgan fingerprint density at radius 2 is 1.62 bits per heavy atom. The number of carbonyl (C=O) groups is 1. The molecule has 9 nitrogen and oxygen atoms in total. The van der Waals surface area contributed by atoms with Gasteiger partial charge in [-0.25, -0.2) is 9.79 Å². The number of benzene rings is 3. The van der Waals surface area contributed by atoms with Crippen LogP contribution in [-0.4, -0.2) is 37.5 Å². The maximum Gasteiger partial charge on any atom is 0.337 e. The number of aromatic nitrogens is 1. The molecule has 47 heavy (non-hydrogen) atoms. The van der Waals surface area contributed by atoms with E-state index in [1.165, 1.54) is 29.2 Å². The van der Waals surface area contributed by atoms with Gasteiger partial charge in [0.1, 0.15) is 6.61 Å². The summed E-state index contributed by atoms with van der Waals surface area (Å²) in [5, 5.41) is 1.26. The van der Waals surface area contributed by atoms with Crippen LogP contribution in [0.25, 0.3) is 6.08 Å². The molecule has 2 heterocycles. The van der Waals surface area contributed by atoms with Crippen molar-refractivity contribution in [1.29, 1.82) is 0 Å². The lowest BCUT2D eigenvalue weighted by molar-refractivity contribution is -0.136. The van der Waals surface area contributed by atoms with E-state index in [0.29, 0.717) is 73.3 Å². The van der Waals surface area contributed by atoms with Gasteiger partial charge >= 0.3 is 5.97 Å². The minimum Gasteiger partial charge on any atom is -0.490 e. The number of hydrogen-bond acceptors (Lipinski definition) is 9. The first-order valence-electron chi connectivity index (χ1n) is 14.7. The molecule has 1 aliphatic rings. The maximum atomic E-state index is 14.1. The molecule has 0 spiro atoms. The van der Waals surface area contributed by atoms with Crippen LogP contribution < -0.4 is 33.8 Å². The van der Waals surface area contributed by atoms with Crippen molar-refractivity contribution in [2.24, 2.45) is 4.99 Å². The number of nitrogens with zero attached hydrogens (tertiary/aromatic N) is 2. The summed E-state index contributed by atoms with van der Waals surface area (Å²) in [7, 11) is 1.28. The molecule has 0 unspecified atom stereocenters. The summed E-state index contributed by atoms with van der Waals surface area (Å²) in [4.78, 5) is 31.8. The topological polar surface area (TPSA) is 97.6 Å². The van der Waals surface area contributed by atoms with Crippen molar-refractivity contribution in [3.8, 4) is 23.0 Å². The van der Waals surface area contributed by atoms with E-state index in [4.69, 9.17) is 58.5 Å². The van der Waals surface area contributed by atoms with Gasteiger partial charge in [-0.05, 0) is 74.4 Å². The van der Waals surface area contributed by atoms with Crippen LogP contribution in [0.15, 0.2) is 70.1 Å². The fourth-order valence-electron chi connectivity index (χ4n) is 5.00. The summed E-state index contributed by atoms with van der Waals surface area (Å²) in [6.45, 7) is 6.91. The third-order valence-corrected chi connectivity index (χ3v) is 8.89. The standard InChI is InChI=1S/C34H31Cl3N2O7S/c1-5-43-26-11-9-20(15-27(26)44-6-2)30-23(33(41)42-4)17-38-34-39(30)32(40)29(47-34)14-19-12-25(37)31(28(13-19)45-7-3)46-18-21-8-10-22(35)16-24(21)36/h8-17,30H,5-7,18H2,1-4H3/b29-14-/t30-/m1/s1. The zero-order valence-corrected chi connectivity index (χ0v) is 29.1. The van der Waals surface area contributed by atoms with Crippen LogP contribution in [0.1, 0.15) is 43.5 Å². The first-order valence-corrected chi connectivity index (χ1v) is 16.7. The molecule has 3 aromatic carbocycles. The number of hydrogen-bond donors (Lipinski definition) is 0. The Hall–Kier alpha value is -3.96. The summed E-state index contributed by atoms with van der Waals surface area (Å²) < 4.78 is 30.4. The van der Waals surface area contributed by atoms with E-state index in [-0.39, 0.29) is 22.8 Å². The van der Waals surface area contributed by atoms with Crippen LogP contribution in [-0.2, 0) is 16.1 Å². The number of fused-ring (bicyclic) bond motifs is 1. The summed E-state index contributed by atoms with van der Waals surface area (Å²) >= 11 is 20.2. The van der Waals surface area contributed by atoms with Crippen LogP contribution in [0, 0.1) is 0 Å². The second-order valence-corrected chi connectivity index (χ2v) is 12.3. The van der Waals surface area contributed by atoms with Crippen LogP contribution in [0.2, 0.25) is 15.1 Å². The lowest BCUT2D eigenvalue weighted by atomic mass is 9.97. The minimum atomic E-state index is -0.825. The molecule has 13 heteroatoms. The third-order valence-electron chi connectivity index (χ3n) is 7.02. The third kappa shape index (κ3) is 7.46. The highest BCUT2D eigenvalue weighted by molar-refractivity contribution is 7.07. The van der Waals surface area contributed by atoms with Crippen LogP contribution in [0.5, 0.6) is 23.0 Å². The zero-order valence-electron chi connectivity index (χ0n) is 26.0. The molecule has 1 aliphatic heterocycles. The Kier molecular flexibility index (Phi) is 11.2. The number of methoxy groups -OCH3 is 1. The van der Waals surface area contributed by atoms with Gasteiger partial charge in [0.25, 0.3) is 5.56 Å². The fourth-order valence-corrected chi connectivity index (χ4v) is 6.71. The number of rotatable bonds is 12. The van der Waals surface area contributed by atoms with Crippen molar-refractivity contribution in [3.63, 3.8) is 0 Å². The van der Waals surface area contributed by atoms with E-state index < -0.39 is 12.0 Å². The SMILES string of the molecule is CCOc1ccc([C@@H]2C(C(=O)OC)=CN=c3s/c(=C\c4cc(Cl)c(OCc5ccc(Cl)cc5Cl)c(OCC)c4)c(=O)n32)cc1OCC. The number of ether oxygens (including phenoxy) is 5. The molecule has 0 saturated heterocycles. The van der Waals surface area contributed by atoms with Crippen LogP contribution in [0.3, 0.4) is 0 Å². The summed E-state index contributed by atoms with van der Waals surface area (Å²) in [5.41, 5.74) is 1.79. The van der Waals surface area contributed by atoms with Gasteiger partial charge in [0.15, 0.2) is 27.8 Å². The number of carbonyl (C=O) groups excluding carboxylic acids is 1. The van der Waals surface area contributed by atoms with Gasteiger partial charge in [-0.1, -0.05) is 58.3 Å². The van der Waals surface area contributed by atoms with Gasteiger partial charge in [-0.15, -0.1) is 0 Å². The molecular weight excluding hydrogens is 687 g/mol. The van der Waals surface area contributed by atoms with Gasteiger partial charge in [0.2, 0.25) is 0 Å². The summed E-state index contributed by atoms with van der Waals surface area (Å²) in [6.07, 6.45) is 3.13. The van der Waals surface area contributed by atoms with E-state index in [2.05, 4.69) is 4.99 Å². The van der Waals surface area contributed by atoms with E-state index in [1.54, 1.807) is 54.6 Å². The lowest BCUT2D eigenvalue weighted by Gasteiger charge is -2.23. The highest BCUT2D eigenvalue weighted by Gasteiger charge is 2.31. The number of thiazole rings is 1. The first kappa shape index (κ1) is 34.4. The summed E-state index contributed by atoms with van der Waals surface area (Å²) in [6, 6.07) is 13.1. The molecule has 1 atom stereocenters. The lowest BCUT2D eigenvalue weighted by Crippen LogP contribution is -2.39. The van der Waals surface area contributed by atoms with Crippen molar-refractivity contribution < 1.29 is 28.5 Å². The van der Waals surface area contributed by atoms with E-state index in [9.17, 15) is 9.59 Å². The smallest absolute Gasteiger partial charge is 0.337 e. The molecule has 0 radical (unpaired) electrons. The summed E-state index contributed by atoms with van der Waals surface area (Å²) in [5.74, 6) is 1.17. The van der Waals surface area contributed by atoms with E-state index in [1.807, 2.05) is 20.8 Å². The van der Waals surface area contributed by atoms with Crippen molar-refractivity contribution in [1.82, 2.24) is 4.57 Å². The van der Waals surface area contributed by atoms with Crippen molar-refractivity contribution >= 4 is 58.2 Å². The second kappa shape index (κ2) is 15.3. The second-order valence-electron chi connectivity index (χ2n) is 10.0. The quantitative estimate of drug-likeness (QED) is 0.150. The van der Waals surface area contributed by atoms with E-state index in [0.717, 1.165) is 5.56 Å². The van der Waals surface area contributed by atoms with Gasteiger partial charge in [-0.3, -0.25) is 9.36 Å². The monoisotopic (exact) mass is 716 g/mol. The average Bonchev–Trinajstić information content (AvgIpc) is 3.36. The Bertz CT molecular complexity index is 2020. The van der Waals surface area contributed by atoms with Crippen molar-refractivity contribution in [3.05, 3.63) is 112 Å². The van der Waals surface area contributed by atoms with Gasteiger partial charge < -0.3 is 23.7 Å². The van der Waals surface area contributed by atoms with Crippen molar-refractivity contribution in [2.75, 3.05) is 26.9 Å². The number of esters is 1. The first-order chi connectivity index (χ1) is 22.7. The Balaban J connectivity index is 1.57. The molecule has 5 rings (SSSR count). The maximum absolute atomic E-state index is 14.1. The average molecular weight is 718 g/mol. The molecule has 0 amide bonds. The molecule has 246 valence electrons. The molecule has 0 fully saturated rings. The van der Waals surface area contributed by atoms with Crippen LogP contribution >= 0.6 is 46.1 Å². The highest BCUT2D eigenvalue weighted by atomic mass is 35.5. The highest BCUT2D eigenvalue weighted by Crippen LogP contribution is 2.38. The number of halogens is 3. The molecule has 0 saturated carbocycles. The molecule has 4 aromatic rings. The molecule has 1 aromatic heterocycles. The minimum absolute atomic E-state index is 0.132. The predicted octanol–water partition coefficient (Wildman–Crippen LogP) is 6.75. The molecular formula is C34H31Cl3N2O7S. The Labute approximate surface area is 290 Å². The molecule has 0 bridgehead atoms. The molecule has 0 aliphatic carbocycles. The van der Waals surface area contributed by atoms with Crippen LogP contribution in [0.4, 0.5) is 0 Å². The normalized spacial score (nSPS) is 14.1. The van der Waals surface area contributed by atoms with Crippen molar-refractivity contribution in [2.45, 2.75) is 33.4 Å². The van der Waals surface area contributed by atoms with Gasteiger partial charge in [0, 0.05) is 21.8 Å². The Morgan fingerprint density at radius 1 is 0.894 bits per heavy atom.